The van der Waals surface area contributed by atoms with Crippen LogP contribution in [0.5, 0.6) is 11.5 Å². The molecule has 0 atom stereocenters. The van der Waals surface area contributed by atoms with Gasteiger partial charge in [-0.3, -0.25) is 19.2 Å². The van der Waals surface area contributed by atoms with Crippen LogP contribution in [0.2, 0.25) is 0 Å². The topological polar surface area (TPSA) is 125 Å². The quantitative estimate of drug-likeness (QED) is 0.359. The third-order valence-electron chi connectivity index (χ3n) is 4.11. The van der Waals surface area contributed by atoms with Crippen molar-refractivity contribution in [2.75, 3.05) is 32.2 Å². The number of nitro groups is 1. The lowest BCUT2D eigenvalue weighted by atomic mass is 10.2. The van der Waals surface area contributed by atoms with Crippen LogP contribution in [0.25, 0.3) is 0 Å². The third kappa shape index (κ3) is 4.57. The Hall–Kier alpha value is -3.34. The van der Waals surface area contributed by atoms with Gasteiger partial charge in [0.1, 0.15) is 18.0 Å². The molecule has 0 N–H and O–H groups in total. The van der Waals surface area contributed by atoms with Gasteiger partial charge in [0.15, 0.2) is 0 Å². The van der Waals surface area contributed by atoms with Crippen LogP contribution in [0.3, 0.4) is 0 Å². The number of sulfonamides is 1. The van der Waals surface area contributed by atoms with Crippen molar-refractivity contribution in [3.05, 3.63) is 52.1 Å². The van der Waals surface area contributed by atoms with Crippen LogP contribution in [0, 0.1) is 17.0 Å². The highest BCUT2D eigenvalue weighted by atomic mass is 32.2. The summed E-state index contributed by atoms with van der Waals surface area (Å²) >= 11 is 0. The van der Waals surface area contributed by atoms with Gasteiger partial charge in [-0.1, -0.05) is 6.07 Å². The van der Waals surface area contributed by atoms with E-state index in [9.17, 15) is 23.3 Å². The predicted molar refractivity (Wildman–Crippen MR) is 104 cm³/mol. The van der Waals surface area contributed by atoms with Gasteiger partial charge in [-0.05, 0) is 24.6 Å². The van der Waals surface area contributed by atoms with Gasteiger partial charge in [0.2, 0.25) is 0 Å². The highest BCUT2D eigenvalue weighted by Gasteiger charge is 2.32. The minimum Gasteiger partial charge on any atom is -0.497 e. The molecule has 2 rings (SSSR count). The molecule has 0 bridgehead atoms. The number of methoxy groups -OCH3 is 3. The van der Waals surface area contributed by atoms with Crippen LogP contribution in [0.4, 0.5) is 11.4 Å². The predicted octanol–water partition coefficient (Wildman–Crippen LogP) is 2.29. The van der Waals surface area contributed by atoms with E-state index in [1.165, 1.54) is 51.5 Å². The number of nitrogens with zero attached hydrogens (tertiary/aromatic N) is 2. The number of hydrogen-bond donors (Lipinski definition) is 0. The number of anilines is 1. The highest BCUT2D eigenvalue weighted by Crippen LogP contribution is 2.36. The zero-order valence-electron chi connectivity index (χ0n) is 16.2. The third-order valence-corrected chi connectivity index (χ3v) is 6.01. The van der Waals surface area contributed by atoms with Gasteiger partial charge in [-0.15, -0.1) is 0 Å². The number of benzene rings is 2. The zero-order chi connectivity index (χ0) is 21.8. The van der Waals surface area contributed by atoms with Crippen molar-refractivity contribution in [1.29, 1.82) is 0 Å². The van der Waals surface area contributed by atoms with E-state index in [0.29, 0.717) is 5.75 Å². The Kier molecular flexibility index (Phi) is 6.64. The largest absolute Gasteiger partial charge is 0.497 e. The fraction of sp³-hybridized carbons (Fsp3) is 0.278. The van der Waals surface area contributed by atoms with Gasteiger partial charge in [0, 0.05) is 18.2 Å². The standard InChI is InChI=1S/C18H20N2O8S/c1-12-5-6-13(20(22)23)9-17(12)29(24,25)19(11-18(21)28-4)15-8-7-14(26-2)10-16(15)27-3/h5-10H,11H2,1-4H3. The molecule has 0 aliphatic rings. The monoisotopic (exact) mass is 424 g/mol. The number of ether oxygens (including phenoxy) is 3. The van der Waals surface area contributed by atoms with Crippen LogP contribution in [-0.4, -0.2) is 47.2 Å². The van der Waals surface area contributed by atoms with Crippen molar-refractivity contribution < 1.29 is 32.3 Å². The molecule has 0 aromatic heterocycles. The number of carbonyl (C=O) groups is 1. The molecule has 0 aliphatic heterocycles. The lowest BCUT2D eigenvalue weighted by Crippen LogP contribution is -2.37. The van der Waals surface area contributed by atoms with Crippen molar-refractivity contribution in [2.45, 2.75) is 11.8 Å². The van der Waals surface area contributed by atoms with Crippen molar-refractivity contribution in [3.63, 3.8) is 0 Å². The summed E-state index contributed by atoms with van der Waals surface area (Å²) in [6, 6.07) is 7.84. The first-order valence-corrected chi connectivity index (χ1v) is 9.66. The maximum absolute atomic E-state index is 13.4. The summed E-state index contributed by atoms with van der Waals surface area (Å²) in [5, 5.41) is 11.1. The van der Waals surface area contributed by atoms with Crippen molar-refractivity contribution in [1.82, 2.24) is 0 Å². The summed E-state index contributed by atoms with van der Waals surface area (Å²) < 4.78 is 42.6. The van der Waals surface area contributed by atoms with Crippen LogP contribution in [0.1, 0.15) is 5.56 Å². The van der Waals surface area contributed by atoms with Gasteiger partial charge in [0.25, 0.3) is 15.7 Å². The molecule has 0 fully saturated rings. The summed E-state index contributed by atoms with van der Waals surface area (Å²) in [6.07, 6.45) is 0. The molecule has 0 spiro atoms. The normalized spacial score (nSPS) is 10.9. The molecule has 156 valence electrons. The minimum absolute atomic E-state index is 0.0459. The van der Waals surface area contributed by atoms with Crippen LogP contribution in [0.15, 0.2) is 41.3 Å². The lowest BCUT2D eigenvalue weighted by Gasteiger charge is -2.26. The second-order valence-corrected chi connectivity index (χ2v) is 7.66. The van der Waals surface area contributed by atoms with Gasteiger partial charge >= 0.3 is 5.97 Å². The first-order chi connectivity index (χ1) is 13.6. The molecule has 0 saturated heterocycles. The molecule has 0 heterocycles. The number of hydrogen-bond acceptors (Lipinski definition) is 8. The Labute approximate surface area is 167 Å². The molecule has 0 saturated carbocycles. The van der Waals surface area contributed by atoms with E-state index in [1.807, 2.05) is 0 Å². The number of nitro benzene ring substituents is 1. The zero-order valence-corrected chi connectivity index (χ0v) is 17.1. The molecule has 0 amide bonds. The van der Waals surface area contributed by atoms with Crippen molar-refractivity contribution in [3.8, 4) is 11.5 Å². The fourth-order valence-corrected chi connectivity index (χ4v) is 4.24. The Morgan fingerprint density at radius 3 is 2.34 bits per heavy atom. The molecule has 29 heavy (non-hydrogen) atoms. The lowest BCUT2D eigenvalue weighted by molar-refractivity contribution is -0.385. The Bertz CT molecular complexity index is 1040. The fourth-order valence-electron chi connectivity index (χ4n) is 2.57. The van der Waals surface area contributed by atoms with Gasteiger partial charge in [-0.2, -0.15) is 0 Å². The SMILES string of the molecule is COC(=O)CN(c1ccc(OC)cc1OC)S(=O)(=O)c1cc([N+](=O)[O-])ccc1C. The minimum atomic E-state index is -4.39. The summed E-state index contributed by atoms with van der Waals surface area (Å²) in [6.45, 7) is 0.835. The number of carbonyl (C=O) groups excluding carboxylic acids is 1. The van der Waals surface area contributed by atoms with E-state index in [2.05, 4.69) is 4.74 Å². The Morgan fingerprint density at radius 2 is 1.79 bits per heavy atom. The highest BCUT2D eigenvalue weighted by molar-refractivity contribution is 7.93. The van der Waals surface area contributed by atoms with Crippen LogP contribution < -0.4 is 13.8 Å². The number of rotatable bonds is 8. The summed E-state index contributed by atoms with van der Waals surface area (Å²) in [5.41, 5.74) is -0.0727. The molecule has 0 radical (unpaired) electrons. The molecular weight excluding hydrogens is 404 g/mol. The van der Waals surface area contributed by atoms with Crippen LogP contribution >= 0.6 is 0 Å². The van der Waals surface area contributed by atoms with E-state index in [-0.39, 0.29) is 21.9 Å². The van der Waals surface area contributed by atoms with Crippen molar-refractivity contribution >= 4 is 27.4 Å². The first kappa shape index (κ1) is 22.0. The van der Waals surface area contributed by atoms with E-state index in [0.717, 1.165) is 17.5 Å². The van der Waals surface area contributed by atoms with E-state index in [1.54, 1.807) is 0 Å². The molecule has 10 nitrogen and oxygen atoms in total. The second kappa shape index (κ2) is 8.78. The number of aryl methyl sites for hydroxylation is 1. The van der Waals surface area contributed by atoms with E-state index in [4.69, 9.17) is 9.47 Å². The number of non-ortho nitro benzene ring substituents is 1. The molecule has 0 unspecified atom stereocenters. The van der Waals surface area contributed by atoms with Crippen LogP contribution in [-0.2, 0) is 19.6 Å². The van der Waals surface area contributed by atoms with E-state index < -0.39 is 33.1 Å². The summed E-state index contributed by atoms with van der Waals surface area (Å²) in [4.78, 5) is 22.1. The van der Waals surface area contributed by atoms with E-state index >= 15 is 0 Å². The molecular formula is C18H20N2O8S. The average Bonchev–Trinajstić information content (AvgIpc) is 2.71. The maximum Gasteiger partial charge on any atom is 0.326 e. The first-order valence-electron chi connectivity index (χ1n) is 8.22. The molecule has 2 aromatic rings. The summed E-state index contributed by atoms with van der Waals surface area (Å²) in [5.74, 6) is -0.290. The molecule has 0 aliphatic carbocycles. The van der Waals surface area contributed by atoms with Gasteiger partial charge in [-0.25, -0.2) is 8.42 Å². The Morgan fingerprint density at radius 1 is 1.10 bits per heavy atom. The average molecular weight is 424 g/mol. The second-order valence-electron chi connectivity index (χ2n) is 5.83. The van der Waals surface area contributed by atoms with Gasteiger partial charge in [0.05, 0.1) is 36.8 Å². The van der Waals surface area contributed by atoms with Crippen molar-refractivity contribution in [2.24, 2.45) is 0 Å². The Balaban J connectivity index is 2.72. The smallest absolute Gasteiger partial charge is 0.326 e. The summed E-state index contributed by atoms with van der Waals surface area (Å²) in [7, 11) is -0.501. The molecule has 2 aromatic carbocycles. The van der Waals surface area contributed by atoms with Gasteiger partial charge < -0.3 is 14.2 Å². The maximum atomic E-state index is 13.4. The number of esters is 1. The molecule has 11 heteroatoms.